The Morgan fingerprint density at radius 1 is 0.526 bits per heavy atom. The van der Waals surface area contributed by atoms with Gasteiger partial charge in [0.15, 0.2) is 11.5 Å². The molecule has 0 radical (unpaired) electrons. The second kappa shape index (κ2) is 4.37. The Balaban J connectivity index is 2.43. The van der Waals surface area contributed by atoms with Crippen LogP contribution in [0.3, 0.4) is 0 Å². The second-order valence-corrected chi connectivity index (χ2v) is 4.06. The van der Waals surface area contributed by atoms with Gasteiger partial charge in [0, 0.05) is 0 Å². The van der Waals surface area contributed by atoms with Crippen LogP contribution in [0, 0.1) is 0 Å². The normalized spacial score (nSPS) is 10.3. The molecule has 0 bridgehead atoms. The lowest BCUT2D eigenvalue weighted by Crippen LogP contribution is -2.04. The van der Waals surface area contributed by atoms with Gasteiger partial charge < -0.3 is 39.1 Å². The largest absolute Gasteiger partial charge is 0.453 e. The molecule has 7 heteroatoms. The molecular weight excluding hydrogens is 244 g/mol. The summed E-state index contributed by atoms with van der Waals surface area (Å²) in [5.41, 5.74) is 36.1. The van der Waals surface area contributed by atoms with Crippen LogP contribution in [-0.4, -0.2) is 0 Å². The average Bonchev–Trinajstić information content (AvgIpc) is 2.39. The third kappa shape index (κ3) is 2.08. The van der Waals surface area contributed by atoms with Crippen molar-refractivity contribution in [2.45, 2.75) is 0 Å². The van der Waals surface area contributed by atoms with Gasteiger partial charge in [-0.3, -0.25) is 0 Å². The van der Waals surface area contributed by atoms with Crippen molar-refractivity contribution in [1.29, 1.82) is 0 Å². The predicted molar refractivity (Wildman–Crippen MR) is 79.4 cm³/mol. The zero-order valence-electron chi connectivity index (χ0n) is 10.2. The third-order valence-electron chi connectivity index (χ3n) is 2.78. The van der Waals surface area contributed by atoms with Crippen LogP contribution < -0.4 is 39.1 Å². The van der Waals surface area contributed by atoms with Crippen molar-refractivity contribution >= 4 is 34.1 Å². The molecule has 0 aliphatic rings. The van der Waals surface area contributed by atoms with Crippen molar-refractivity contribution < 1.29 is 4.74 Å². The molecular formula is C12H16N6O. The SMILES string of the molecule is Nc1ccc(Oc2ccc(N)c(N)c2N)c(N)c1N. The standard InChI is InChI=1S/C12H16N6O/c13-5-1-3-7(11(17)9(5)15)19-8-4-2-6(14)10(16)12(8)18/h1-4H,13-18H2. The highest BCUT2D eigenvalue weighted by Crippen LogP contribution is 2.39. The molecule has 0 fully saturated rings. The van der Waals surface area contributed by atoms with E-state index in [0.29, 0.717) is 22.9 Å². The molecule has 12 N–H and O–H groups in total. The lowest BCUT2D eigenvalue weighted by atomic mass is 10.2. The summed E-state index contributed by atoms with van der Waals surface area (Å²) in [7, 11) is 0. The van der Waals surface area contributed by atoms with Gasteiger partial charge >= 0.3 is 0 Å². The van der Waals surface area contributed by atoms with Crippen LogP contribution in [-0.2, 0) is 0 Å². The van der Waals surface area contributed by atoms with Gasteiger partial charge in [0.1, 0.15) is 11.4 Å². The Morgan fingerprint density at radius 2 is 0.895 bits per heavy atom. The van der Waals surface area contributed by atoms with Gasteiger partial charge in [-0.2, -0.15) is 0 Å². The van der Waals surface area contributed by atoms with Crippen LogP contribution in [0.5, 0.6) is 11.5 Å². The topological polar surface area (TPSA) is 165 Å². The lowest BCUT2D eigenvalue weighted by molar-refractivity contribution is 0.488. The molecule has 0 spiro atoms. The predicted octanol–water partition coefficient (Wildman–Crippen LogP) is 0.972. The molecule has 0 unspecified atom stereocenters. The quantitative estimate of drug-likeness (QED) is 0.437. The number of rotatable bonds is 2. The van der Waals surface area contributed by atoms with Crippen molar-refractivity contribution in [2.75, 3.05) is 34.4 Å². The van der Waals surface area contributed by atoms with Gasteiger partial charge in [-0.05, 0) is 24.3 Å². The first kappa shape index (κ1) is 12.5. The summed E-state index contributed by atoms with van der Waals surface area (Å²) in [6, 6.07) is 6.40. The van der Waals surface area contributed by atoms with E-state index in [9.17, 15) is 0 Å². The van der Waals surface area contributed by atoms with Crippen LogP contribution >= 0.6 is 0 Å². The summed E-state index contributed by atoms with van der Waals surface area (Å²) in [6.45, 7) is 0. The summed E-state index contributed by atoms with van der Waals surface area (Å²) in [4.78, 5) is 0. The molecule has 0 saturated carbocycles. The highest BCUT2D eigenvalue weighted by molar-refractivity contribution is 5.84. The molecule has 0 heterocycles. The molecule has 0 saturated heterocycles. The molecule has 100 valence electrons. The number of nitrogen functional groups attached to an aromatic ring is 6. The number of ether oxygens (including phenoxy) is 1. The van der Waals surface area contributed by atoms with Crippen LogP contribution in [0.1, 0.15) is 0 Å². The number of hydrogen-bond donors (Lipinski definition) is 6. The van der Waals surface area contributed by atoms with E-state index in [1.54, 1.807) is 24.3 Å². The third-order valence-corrected chi connectivity index (χ3v) is 2.78. The maximum absolute atomic E-state index is 5.82. The summed E-state index contributed by atoms with van der Waals surface area (Å²) in [6.07, 6.45) is 0. The Bertz CT molecular complexity index is 585. The molecule has 2 rings (SSSR count). The molecule has 7 nitrogen and oxygen atoms in total. The van der Waals surface area contributed by atoms with E-state index < -0.39 is 0 Å². The first-order chi connectivity index (χ1) is 8.91. The van der Waals surface area contributed by atoms with E-state index in [4.69, 9.17) is 39.1 Å². The minimum Gasteiger partial charge on any atom is -0.453 e. The van der Waals surface area contributed by atoms with Gasteiger partial charge in [-0.1, -0.05) is 0 Å². The maximum atomic E-state index is 5.82. The molecule has 2 aromatic rings. The molecule has 0 aromatic heterocycles. The monoisotopic (exact) mass is 260 g/mol. The zero-order valence-corrected chi connectivity index (χ0v) is 10.2. The van der Waals surface area contributed by atoms with E-state index in [1.165, 1.54) is 0 Å². The molecule has 0 aliphatic carbocycles. The Kier molecular flexibility index (Phi) is 2.88. The van der Waals surface area contributed by atoms with Crippen LogP contribution in [0.4, 0.5) is 34.1 Å². The first-order valence-electron chi connectivity index (χ1n) is 5.46. The van der Waals surface area contributed by atoms with Gasteiger partial charge in [-0.15, -0.1) is 0 Å². The summed E-state index contributed by atoms with van der Waals surface area (Å²) in [5, 5.41) is 0. The summed E-state index contributed by atoms with van der Waals surface area (Å²) >= 11 is 0. The second-order valence-electron chi connectivity index (χ2n) is 4.06. The van der Waals surface area contributed by atoms with E-state index in [2.05, 4.69) is 0 Å². The number of nitrogens with two attached hydrogens (primary N) is 6. The van der Waals surface area contributed by atoms with Crippen LogP contribution in [0.2, 0.25) is 0 Å². The van der Waals surface area contributed by atoms with Gasteiger partial charge in [0.2, 0.25) is 0 Å². The highest BCUT2D eigenvalue weighted by Gasteiger charge is 2.12. The van der Waals surface area contributed by atoms with E-state index in [0.717, 1.165) is 0 Å². The maximum Gasteiger partial charge on any atom is 0.152 e. The zero-order chi connectivity index (χ0) is 14.2. The van der Waals surface area contributed by atoms with E-state index >= 15 is 0 Å². The van der Waals surface area contributed by atoms with Gasteiger partial charge in [0.25, 0.3) is 0 Å². The van der Waals surface area contributed by atoms with Crippen molar-refractivity contribution in [1.82, 2.24) is 0 Å². The Hall–Kier alpha value is -2.96. The van der Waals surface area contributed by atoms with Crippen molar-refractivity contribution in [3.05, 3.63) is 24.3 Å². The number of benzene rings is 2. The van der Waals surface area contributed by atoms with Crippen LogP contribution in [0.15, 0.2) is 24.3 Å². The lowest BCUT2D eigenvalue weighted by Gasteiger charge is -2.14. The highest BCUT2D eigenvalue weighted by atomic mass is 16.5. The molecule has 0 amide bonds. The fraction of sp³-hybridized carbons (Fsp3) is 0. The number of anilines is 6. The summed E-state index contributed by atoms with van der Waals surface area (Å²) < 4.78 is 5.59. The molecule has 0 atom stereocenters. The van der Waals surface area contributed by atoms with Crippen molar-refractivity contribution in [3.63, 3.8) is 0 Å². The molecule has 19 heavy (non-hydrogen) atoms. The fourth-order valence-electron chi connectivity index (χ4n) is 1.56. The smallest absolute Gasteiger partial charge is 0.152 e. The van der Waals surface area contributed by atoms with E-state index in [1.807, 2.05) is 0 Å². The van der Waals surface area contributed by atoms with Gasteiger partial charge in [0.05, 0.1) is 22.7 Å². The Labute approximate surface area is 110 Å². The average molecular weight is 260 g/mol. The first-order valence-corrected chi connectivity index (χ1v) is 5.46. The minimum absolute atomic E-state index is 0.245. The van der Waals surface area contributed by atoms with E-state index in [-0.39, 0.29) is 22.7 Å². The van der Waals surface area contributed by atoms with Crippen LogP contribution in [0.25, 0.3) is 0 Å². The minimum atomic E-state index is 0.245. The van der Waals surface area contributed by atoms with Crippen molar-refractivity contribution in [2.24, 2.45) is 0 Å². The molecule has 0 aliphatic heterocycles. The van der Waals surface area contributed by atoms with Gasteiger partial charge in [-0.25, -0.2) is 0 Å². The van der Waals surface area contributed by atoms with Crippen molar-refractivity contribution in [3.8, 4) is 11.5 Å². The summed E-state index contributed by atoms with van der Waals surface area (Å²) in [5.74, 6) is 0.699. The number of hydrogen-bond acceptors (Lipinski definition) is 7. The fourth-order valence-corrected chi connectivity index (χ4v) is 1.56. The Morgan fingerprint density at radius 3 is 1.26 bits per heavy atom. The molecule has 2 aromatic carbocycles.